The number of aryl methyl sites for hydroxylation is 3. The van der Waals surface area contributed by atoms with Crippen LogP contribution < -0.4 is 10.1 Å². The number of ether oxygens (including phenoxy) is 1. The lowest BCUT2D eigenvalue weighted by molar-refractivity contribution is -0.120. The lowest BCUT2D eigenvalue weighted by atomic mass is 9.87. The second-order valence-corrected chi connectivity index (χ2v) is 9.16. The number of hydrogen-bond donors (Lipinski definition) is 1. The van der Waals surface area contributed by atoms with Crippen LogP contribution in [0.15, 0.2) is 30.3 Å². The molecule has 2 aromatic heterocycles. The Kier molecular flexibility index (Phi) is 6.96. The molecule has 0 radical (unpaired) electrons. The van der Waals surface area contributed by atoms with Crippen LogP contribution in [0.1, 0.15) is 54.7 Å². The van der Waals surface area contributed by atoms with E-state index in [2.05, 4.69) is 53.3 Å². The third-order valence-electron chi connectivity index (χ3n) is 5.35. The predicted octanol–water partition coefficient (Wildman–Crippen LogP) is 3.93. The maximum atomic E-state index is 12.5. The average molecular weight is 436 g/mol. The number of carbonyl (C=O) groups excluding carboxylic acids is 1. The first-order chi connectivity index (χ1) is 15.0. The van der Waals surface area contributed by atoms with Crippen LogP contribution in [0.3, 0.4) is 0 Å². The molecule has 1 aromatic carbocycles. The van der Waals surface area contributed by atoms with Gasteiger partial charge in [-0.15, -0.1) is 0 Å². The van der Waals surface area contributed by atoms with Crippen molar-refractivity contribution in [3.8, 4) is 11.7 Å². The summed E-state index contributed by atoms with van der Waals surface area (Å²) in [6.45, 7) is 15.1. The summed E-state index contributed by atoms with van der Waals surface area (Å²) in [5, 5.41) is 7.49. The largest absolute Gasteiger partial charge is 0.492 e. The molecule has 7 heteroatoms. The number of rotatable bonds is 7. The molecular weight excluding hydrogens is 402 g/mol. The van der Waals surface area contributed by atoms with E-state index in [0.717, 1.165) is 34.1 Å². The van der Waals surface area contributed by atoms with Gasteiger partial charge in [0.2, 0.25) is 5.91 Å². The van der Waals surface area contributed by atoms with Crippen LogP contribution in [-0.2, 0) is 16.6 Å². The van der Waals surface area contributed by atoms with Crippen LogP contribution in [0.2, 0.25) is 0 Å². The summed E-state index contributed by atoms with van der Waals surface area (Å²) in [7, 11) is 0. The first-order valence-electron chi connectivity index (χ1n) is 10.9. The van der Waals surface area contributed by atoms with Crippen LogP contribution >= 0.6 is 0 Å². The van der Waals surface area contributed by atoms with Crippen molar-refractivity contribution in [3.05, 3.63) is 64.2 Å². The molecule has 3 rings (SSSR count). The smallest absolute Gasteiger partial charge is 0.251 e. The van der Waals surface area contributed by atoms with Crippen LogP contribution in [0, 0.1) is 27.7 Å². The summed E-state index contributed by atoms with van der Waals surface area (Å²) in [6, 6.07) is 10.0. The SMILES string of the molecule is Cc1cc(C)nc(-n2nc(C)c(CC(=O)NCCOc3ccc(C(C)(C)C)cc3)c2C)n1. The van der Waals surface area contributed by atoms with Gasteiger partial charge in [-0.25, -0.2) is 14.6 Å². The molecule has 0 saturated carbocycles. The molecule has 0 fully saturated rings. The van der Waals surface area contributed by atoms with E-state index in [-0.39, 0.29) is 17.7 Å². The number of benzene rings is 1. The molecule has 2 heterocycles. The van der Waals surface area contributed by atoms with Gasteiger partial charge in [-0.05, 0) is 56.9 Å². The standard InChI is InChI=1S/C25H33N5O2/c1-16-14-17(2)28-24(27-16)30-19(4)22(18(3)29-30)15-23(31)26-12-13-32-21-10-8-20(9-11-21)25(5,6)7/h8-11,14H,12-13,15H2,1-7H3,(H,26,31). The molecular formula is C25H33N5O2. The van der Waals surface area contributed by atoms with Crippen molar-refractivity contribution in [2.24, 2.45) is 0 Å². The van der Waals surface area contributed by atoms with E-state index < -0.39 is 0 Å². The van der Waals surface area contributed by atoms with Crippen LogP contribution in [-0.4, -0.2) is 38.8 Å². The fourth-order valence-electron chi connectivity index (χ4n) is 3.56. The zero-order valence-electron chi connectivity index (χ0n) is 20.1. The normalized spacial score (nSPS) is 11.5. The Morgan fingerprint density at radius 2 is 1.66 bits per heavy atom. The van der Waals surface area contributed by atoms with Gasteiger partial charge in [0.15, 0.2) is 0 Å². The van der Waals surface area contributed by atoms with E-state index in [1.807, 2.05) is 45.9 Å². The van der Waals surface area contributed by atoms with E-state index >= 15 is 0 Å². The van der Waals surface area contributed by atoms with Crippen molar-refractivity contribution in [2.45, 2.75) is 60.3 Å². The van der Waals surface area contributed by atoms with Crippen molar-refractivity contribution < 1.29 is 9.53 Å². The van der Waals surface area contributed by atoms with Gasteiger partial charge in [0.05, 0.1) is 18.7 Å². The molecule has 0 unspecified atom stereocenters. The molecule has 7 nitrogen and oxygen atoms in total. The Labute approximate surface area is 190 Å². The van der Waals surface area contributed by atoms with Gasteiger partial charge in [-0.2, -0.15) is 5.10 Å². The van der Waals surface area contributed by atoms with Crippen molar-refractivity contribution in [1.29, 1.82) is 0 Å². The summed E-state index contributed by atoms with van der Waals surface area (Å²) in [5.74, 6) is 1.26. The fourth-order valence-corrected chi connectivity index (χ4v) is 3.56. The Bertz CT molecular complexity index is 1070. The van der Waals surface area contributed by atoms with Gasteiger partial charge < -0.3 is 10.1 Å². The first-order valence-corrected chi connectivity index (χ1v) is 10.9. The van der Waals surface area contributed by atoms with E-state index in [0.29, 0.717) is 19.1 Å². The van der Waals surface area contributed by atoms with E-state index in [4.69, 9.17) is 4.74 Å². The molecule has 0 spiro atoms. The molecule has 0 saturated heterocycles. The number of aromatic nitrogens is 4. The Balaban J connectivity index is 1.55. The van der Waals surface area contributed by atoms with E-state index in [1.54, 1.807) is 4.68 Å². The number of amides is 1. The zero-order chi connectivity index (χ0) is 23.5. The minimum atomic E-state index is -0.0660. The minimum Gasteiger partial charge on any atom is -0.492 e. The lowest BCUT2D eigenvalue weighted by Crippen LogP contribution is -2.29. The lowest BCUT2D eigenvalue weighted by Gasteiger charge is -2.19. The summed E-state index contributed by atoms with van der Waals surface area (Å²) < 4.78 is 7.47. The maximum absolute atomic E-state index is 12.5. The molecule has 3 aromatic rings. The quantitative estimate of drug-likeness (QED) is 0.569. The Hall–Kier alpha value is -3.22. The fraction of sp³-hybridized carbons (Fsp3) is 0.440. The highest BCUT2D eigenvalue weighted by Gasteiger charge is 2.18. The summed E-state index contributed by atoms with van der Waals surface area (Å²) >= 11 is 0. The minimum absolute atomic E-state index is 0.0660. The van der Waals surface area contributed by atoms with Gasteiger partial charge in [0, 0.05) is 22.6 Å². The topological polar surface area (TPSA) is 81.9 Å². The van der Waals surface area contributed by atoms with Gasteiger partial charge in [0.1, 0.15) is 12.4 Å². The van der Waals surface area contributed by atoms with Gasteiger partial charge >= 0.3 is 0 Å². The van der Waals surface area contributed by atoms with Crippen molar-refractivity contribution >= 4 is 5.91 Å². The zero-order valence-corrected chi connectivity index (χ0v) is 20.1. The van der Waals surface area contributed by atoms with Crippen molar-refractivity contribution in [2.75, 3.05) is 13.2 Å². The monoisotopic (exact) mass is 435 g/mol. The van der Waals surface area contributed by atoms with Crippen molar-refractivity contribution in [1.82, 2.24) is 25.1 Å². The highest BCUT2D eigenvalue weighted by molar-refractivity contribution is 5.79. The summed E-state index contributed by atoms with van der Waals surface area (Å²) in [6.07, 6.45) is 0.253. The second kappa shape index (κ2) is 9.51. The second-order valence-electron chi connectivity index (χ2n) is 9.16. The van der Waals surface area contributed by atoms with E-state index in [9.17, 15) is 4.79 Å². The van der Waals surface area contributed by atoms with Crippen LogP contribution in [0.5, 0.6) is 5.75 Å². The Morgan fingerprint density at radius 1 is 1.03 bits per heavy atom. The van der Waals surface area contributed by atoms with Crippen LogP contribution in [0.4, 0.5) is 0 Å². The molecule has 0 atom stereocenters. The number of carbonyl (C=O) groups is 1. The number of nitrogens with one attached hydrogen (secondary N) is 1. The molecule has 0 aliphatic heterocycles. The number of hydrogen-bond acceptors (Lipinski definition) is 5. The molecule has 1 N–H and O–H groups in total. The predicted molar refractivity (Wildman–Crippen MR) is 125 cm³/mol. The molecule has 0 aliphatic carbocycles. The first kappa shape index (κ1) is 23.4. The molecule has 1 amide bonds. The van der Waals surface area contributed by atoms with Crippen molar-refractivity contribution in [3.63, 3.8) is 0 Å². The molecule has 32 heavy (non-hydrogen) atoms. The van der Waals surface area contributed by atoms with Crippen LogP contribution in [0.25, 0.3) is 5.95 Å². The molecule has 0 aliphatic rings. The van der Waals surface area contributed by atoms with Gasteiger partial charge in [-0.3, -0.25) is 4.79 Å². The van der Waals surface area contributed by atoms with E-state index in [1.165, 1.54) is 5.56 Å². The van der Waals surface area contributed by atoms with Gasteiger partial charge in [-0.1, -0.05) is 32.9 Å². The maximum Gasteiger partial charge on any atom is 0.251 e. The third kappa shape index (κ3) is 5.72. The Morgan fingerprint density at radius 3 is 2.25 bits per heavy atom. The summed E-state index contributed by atoms with van der Waals surface area (Å²) in [5.41, 5.74) is 5.70. The number of nitrogens with zero attached hydrogens (tertiary/aromatic N) is 4. The molecule has 0 bridgehead atoms. The summed E-state index contributed by atoms with van der Waals surface area (Å²) in [4.78, 5) is 21.5. The molecule has 170 valence electrons. The average Bonchev–Trinajstić information content (AvgIpc) is 2.98. The third-order valence-corrected chi connectivity index (χ3v) is 5.35. The highest BCUT2D eigenvalue weighted by Crippen LogP contribution is 2.24. The van der Waals surface area contributed by atoms with Gasteiger partial charge in [0.25, 0.3) is 5.95 Å². The highest BCUT2D eigenvalue weighted by atomic mass is 16.5.